The molecule has 0 aromatic carbocycles. The van der Waals surface area contributed by atoms with Crippen LogP contribution in [0.2, 0.25) is 0 Å². The van der Waals surface area contributed by atoms with Gasteiger partial charge in [0.05, 0.1) is 18.6 Å². The Balaban J connectivity index is 1.96. The van der Waals surface area contributed by atoms with Gasteiger partial charge in [0.1, 0.15) is 0 Å². The lowest BCUT2D eigenvalue weighted by Crippen LogP contribution is -2.35. The van der Waals surface area contributed by atoms with Crippen molar-refractivity contribution in [1.82, 2.24) is 15.5 Å². The van der Waals surface area contributed by atoms with E-state index in [1.807, 2.05) is 0 Å². The number of thioether (sulfide) groups is 1. The van der Waals surface area contributed by atoms with Gasteiger partial charge in [-0.25, -0.2) is 4.79 Å². The monoisotopic (exact) mass is 297 g/mol. The average molecular weight is 297 g/mol. The molecule has 9 heteroatoms. The van der Waals surface area contributed by atoms with Gasteiger partial charge in [0, 0.05) is 0 Å². The Hall–Kier alpha value is -2.29. The van der Waals surface area contributed by atoms with E-state index in [-0.39, 0.29) is 11.1 Å². The van der Waals surface area contributed by atoms with Gasteiger partial charge in [-0.15, -0.1) is 10.2 Å². The van der Waals surface area contributed by atoms with Gasteiger partial charge in [0.25, 0.3) is 11.1 Å². The van der Waals surface area contributed by atoms with Crippen LogP contribution >= 0.6 is 11.8 Å². The number of amides is 2. The minimum absolute atomic E-state index is 0.198. The molecule has 0 radical (unpaired) electrons. The largest absolute Gasteiger partial charge is 0.459 e. The molecule has 0 unspecified atom stereocenters. The van der Waals surface area contributed by atoms with Crippen LogP contribution in [0.15, 0.2) is 32.5 Å². The summed E-state index contributed by atoms with van der Waals surface area (Å²) in [5, 5.41) is 9.23. The number of imide groups is 1. The minimum Gasteiger partial charge on any atom is -0.459 e. The van der Waals surface area contributed by atoms with Gasteiger partial charge in [-0.1, -0.05) is 11.8 Å². The summed E-state index contributed by atoms with van der Waals surface area (Å²) in [6.45, 7) is 1.60. The van der Waals surface area contributed by atoms with Gasteiger partial charge in [0.2, 0.25) is 5.91 Å². The highest BCUT2D eigenvalue weighted by Crippen LogP contribution is 2.26. The quantitative estimate of drug-likeness (QED) is 0.849. The van der Waals surface area contributed by atoms with Crippen molar-refractivity contribution < 1.29 is 23.2 Å². The molecule has 0 fully saturated rings. The molecule has 8 nitrogen and oxygen atoms in total. The molecule has 106 valence electrons. The van der Waals surface area contributed by atoms with Gasteiger partial charge in [-0.2, -0.15) is 0 Å². The fraction of sp³-hybridized carbons (Fsp3) is 0.273. The molecule has 2 aromatic rings. The number of methoxy groups -OCH3 is 1. The second-order valence-corrected chi connectivity index (χ2v) is 4.88. The second kappa shape index (κ2) is 6.24. The Bertz CT molecular complexity index is 595. The van der Waals surface area contributed by atoms with Crippen molar-refractivity contribution >= 4 is 23.8 Å². The van der Waals surface area contributed by atoms with Crippen molar-refractivity contribution in [2.75, 3.05) is 7.11 Å². The van der Waals surface area contributed by atoms with E-state index in [9.17, 15) is 9.59 Å². The lowest BCUT2D eigenvalue weighted by Gasteiger charge is -2.07. The van der Waals surface area contributed by atoms with E-state index in [2.05, 4.69) is 20.3 Å². The Morgan fingerprint density at radius 2 is 2.25 bits per heavy atom. The number of nitrogens with zero attached hydrogens (tertiary/aromatic N) is 2. The first-order valence-corrected chi connectivity index (χ1v) is 6.41. The van der Waals surface area contributed by atoms with Crippen molar-refractivity contribution in [3.63, 3.8) is 0 Å². The molecule has 2 heterocycles. The summed E-state index contributed by atoms with van der Waals surface area (Å²) >= 11 is 1.02. The molecule has 0 aliphatic carbocycles. The maximum Gasteiger partial charge on any atom is 0.413 e. The zero-order chi connectivity index (χ0) is 14.5. The van der Waals surface area contributed by atoms with Crippen molar-refractivity contribution in [2.24, 2.45) is 0 Å². The fourth-order valence-corrected chi connectivity index (χ4v) is 1.90. The van der Waals surface area contributed by atoms with Crippen molar-refractivity contribution in [1.29, 1.82) is 0 Å². The van der Waals surface area contributed by atoms with Crippen LogP contribution in [0.3, 0.4) is 0 Å². The summed E-state index contributed by atoms with van der Waals surface area (Å²) in [6.07, 6.45) is 0.669. The molecular formula is C11H11N3O5S. The molecule has 0 bridgehead atoms. The number of aromatic nitrogens is 2. The highest BCUT2D eigenvalue weighted by atomic mass is 32.2. The molecule has 2 rings (SSSR count). The van der Waals surface area contributed by atoms with Crippen LogP contribution in [-0.4, -0.2) is 34.6 Å². The lowest BCUT2D eigenvalue weighted by molar-refractivity contribution is -0.119. The predicted octanol–water partition coefficient (Wildman–Crippen LogP) is 1.69. The van der Waals surface area contributed by atoms with E-state index in [1.54, 1.807) is 19.1 Å². The first-order chi connectivity index (χ1) is 9.60. The van der Waals surface area contributed by atoms with Gasteiger partial charge >= 0.3 is 6.09 Å². The van der Waals surface area contributed by atoms with Crippen LogP contribution in [-0.2, 0) is 9.53 Å². The van der Waals surface area contributed by atoms with Gasteiger partial charge < -0.3 is 13.6 Å². The standard InChI is InChI=1S/C11H11N3O5S/c1-6(8(15)12-10(16)17-2)20-11-14-13-9(19-11)7-4-3-5-18-7/h3-6H,1-2H3,(H,12,15,16)/t6-/m1/s1. The van der Waals surface area contributed by atoms with Crippen molar-refractivity contribution in [2.45, 2.75) is 17.4 Å². The maximum atomic E-state index is 11.6. The van der Waals surface area contributed by atoms with Gasteiger partial charge in [-0.05, 0) is 19.1 Å². The normalized spacial score (nSPS) is 11.9. The molecule has 20 heavy (non-hydrogen) atoms. The van der Waals surface area contributed by atoms with Gasteiger partial charge in [-0.3, -0.25) is 10.1 Å². The highest BCUT2D eigenvalue weighted by molar-refractivity contribution is 8.00. The van der Waals surface area contributed by atoms with E-state index in [0.717, 1.165) is 11.8 Å². The number of ether oxygens (including phenoxy) is 1. The van der Waals surface area contributed by atoms with E-state index >= 15 is 0 Å². The smallest absolute Gasteiger partial charge is 0.413 e. The third kappa shape index (κ3) is 3.38. The summed E-state index contributed by atoms with van der Waals surface area (Å²) in [4.78, 5) is 22.5. The summed E-state index contributed by atoms with van der Waals surface area (Å²) in [5.41, 5.74) is 0. The lowest BCUT2D eigenvalue weighted by atomic mass is 10.4. The van der Waals surface area contributed by atoms with E-state index < -0.39 is 17.3 Å². The predicted molar refractivity (Wildman–Crippen MR) is 67.9 cm³/mol. The topological polar surface area (TPSA) is 107 Å². The van der Waals surface area contributed by atoms with Crippen molar-refractivity contribution in [3.8, 4) is 11.7 Å². The van der Waals surface area contributed by atoms with Gasteiger partial charge in [0.15, 0.2) is 5.76 Å². The third-order valence-electron chi connectivity index (χ3n) is 2.20. The Morgan fingerprint density at radius 3 is 2.90 bits per heavy atom. The summed E-state index contributed by atoms with van der Waals surface area (Å²) < 4.78 is 14.8. The van der Waals surface area contributed by atoms with Crippen LogP contribution in [0, 0.1) is 0 Å². The summed E-state index contributed by atoms with van der Waals surface area (Å²) in [7, 11) is 1.17. The number of nitrogens with one attached hydrogen (secondary N) is 1. The van der Waals surface area contributed by atoms with Crippen LogP contribution in [0.25, 0.3) is 11.7 Å². The first-order valence-electron chi connectivity index (χ1n) is 5.53. The number of carbonyl (C=O) groups is 2. The molecule has 0 saturated carbocycles. The zero-order valence-electron chi connectivity index (χ0n) is 10.7. The third-order valence-corrected chi connectivity index (χ3v) is 3.13. The fourth-order valence-electron chi connectivity index (χ4n) is 1.22. The minimum atomic E-state index is -0.816. The number of furan rings is 1. The first kappa shape index (κ1) is 14.1. The number of rotatable bonds is 4. The molecule has 0 aliphatic heterocycles. The van der Waals surface area contributed by atoms with E-state index in [0.29, 0.717) is 5.76 Å². The molecule has 1 N–H and O–H groups in total. The Labute approximate surface area is 117 Å². The molecule has 0 saturated heterocycles. The molecule has 2 amide bonds. The average Bonchev–Trinajstić information content (AvgIpc) is 3.08. The number of hydrogen-bond acceptors (Lipinski definition) is 8. The summed E-state index contributed by atoms with van der Waals surface area (Å²) in [6, 6.07) is 3.37. The molecule has 0 spiro atoms. The molecular weight excluding hydrogens is 286 g/mol. The molecule has 1 atom stereocenters. The Kier molecular flexibility index (Phi) is 4.41. The van der Waals surface area contributed by atoms with Crippen LogP contribution in [0.1, 0.15) is 6.92 Å². The van der Waals surface area contributed by atoms with Crippen LogP contribution < -0.4 is 5.32 Å². The molecule has 0 aliphatic rings. The maximum absolute atomic E-state index is 11.6. The number of alkyl carbamates (subject to hydrolysis) is 1. The number of hydrogen-bond donors (Lipinski definition) is 1. The zero-order valence-corrected chi connectivity index (χ0v) is 11.5. The highest BCUT2D eigenvalue weighted by Gasteiger charge is 2.21. The van der Waals surface area contributed by atoms with Crippen LogP contribution in [0.4, 0.5) is 4.79 Å². The summed E-state index contributed by atoms with van der Waals surface area (Å²) in [5.74, 6) is 0.147. The SMILES string of the molecule is COC(=O)NC(=O)[C@@H](C)Sc1nnc(-c2ccco2)o1. The van der Waals surface area contributed by atoms with E-state index in [4.69, 9.17) is 8.83 Å². The Morgan fingerprint density at radius 1 is 1.45 bits per heavy atom. The van der Waals surface area contributed by atoms with E-state index in [1.165, 1.54) is 13.4 Å². The number of carbonyl (C=O) groups excluding carboxylic acids is 2. The molecule has 2 aromatic heterocycles. The second-order valence-electron chi connectivity index (χ2n) is 3.59. The van der Waals surface area contributed by atoms with Crippen molar-refractivity contribution in [3.05, 3.63) is 18.4 Å². The van der Waals surface area contributed by atoms with Crippen LogP contribution in [0.5, 0.6) is 0 Å².